The van der Waals surface area contributed by atoms with E-state index in [0.717, 1.165) is 32.8 Å². The molecule has 3 nitrogen and oxygen atoms in total. The number of hydrogen-bond donors (Lipinski definition) is 1. The lowest BCUT2D eigenvalue weighted by Crippen LogP contribution is -2.48. The Balaban J connectivity index is 1.69. The molecule has 94 valence electrons. The molecule has 1 aliphatic heterocycles. The summed E-state index contributed by atoms with van der Waals surface area (Å²) in [7, 11) is 0. The minimum absolute atomic E-state index is 0.387. The zero-order valence-corrected chi connectivity index (χ0v) is 11.0. The van der Waals surface area contributed by atoms with Gasteiger partial charge in [0.05, 0.1) is 12.7 Å². The summed E-state index contributed by atoms with van der Waals surface area (Å²) < 4.78 is 5.79. The molecule has 2 fully saturated rings. The highest BCUT2D eigenvalue weighted by molar-refractivity contribution is 4.96. The van der Waals surface area contributed by atoms with E-state index in [1.165, 1.54) is 12.8 Å². The van der Waals surface area contributed by atoms with Gasteiger partial charge >= 0.3 is 0 Å². The third-order valence-corrected chi connectivity index (χ3v) is 4.41. The monoisotopic (exact) mass is 226 g/mol. The predicted octanol–water partition coefficient (Wildman–Crippen LogP) is 1.49. The van der Waals surface area contributed by atoms with Crippen molar-refractivity contribution < 1.29 is 4.74 Å². The van der Waals surface area contributed by atoms with E-state index < -0.39 is 0 Å². The van der Waals surface area contributed by atoms with E-state index in [9.17, 15) is 0 Å². The Labute approximate surface area is 99.5 Å². The lowest BCUT2D eigenvalue weighted by Gasteiger charge is -2.33. The second kappa shape index (κ2) is 5.03. The van der Waals surface area contributed by atoms with Crippen molar-refractivity contribution in [1.29, 1.82) is 0 Å². The van der Waals surface area contributed by atoms with Crippen LogP contribution >= 0.6 is 0 Å². The molecule has 0 spiro atoms. The Morgan fingerprint density at radius 2 is 2.25 bits per heavy atom. The molecule has 0 bridgehead atoms. The van der Waals surface area contributed by atoms with Crippen LogP contribution in [0.2, 0.25) is 0 Å². The van der Waals surface area contributed by atoms with E-state index in [-0.39, 0.29) is 0 Å². The second-order valence-corrected chi connectivity index (χ2v) is 5.67. The third kappa shape index (κ3) is 2.96. The van der Waals surface area contributed by atoms with Crippen LogP contribution in [-0.4, -0.2) is 49.8 Å². The summed E-state index contributed by atoms with van der Waals surface area (Å²) in [4.78, 5) is 2.47. The molecule has 16 heavy (non-hydrogen) atoms. The maximum atomic E-state index is 5.79. The van der Waals surface area contributed by atoms with Crippen molar-refractivity contribution >= 4 is 0 Å². The van der Waals surface area contributed by atoms with E-state index in [0.29, 0.717) is 17.6 Å². The van der Waals surface area contributed by atoms with Gasteiger partial charge in [-0.15, -0.1) is 0 Å². The SMILES string of the molecule is CCN1CCOC(CNC(C)C2(C)CC2)C1. The molecule has 1 saturated heterocycles. The highest BCUT2D eigenvalue weighted by Gasteiger charge is 2.42. The number of rotatable bonds is 5. The molecule has 1 saturated carbocycles. The van der Waals surface area contributed by atoms with Gasteiger partial charge in [-0.3, -0.25) is 4.90 Å². The topological polar surface area (TPSA) is 24.5 Å². The second-order valence-electron chi connectivity index (χ2n) is 5.67. The Morgan fingerprint density at radius 1 is 1.50 bits per heavy atom. The van der Waals surface area contributed by atoms with Gasteiger partial charge in [0.1, 0.15) is 0 Å². The summed E-state index contributed by atoms with van der Waals surface area (Å²) >= 11 is 0. The first kappa shape index (κ1) is 12.3. The van der Waals surface area contributed by atoms with Crippen molar-refractivity contribution in [2.24, 2.45) is 5.41 Å². The normalized spacial score (nSPS) is 31.3. The van der Waals surface area contributed by atoms with Gasteiger partial charge in [0.15, 0.2) is 0 Å². The molecule has 2 aliphatic rings. The fourth-order valence-corrected chi connectivity index (χ4v) is 2.38. The van der Waals surface area contributed by atoms with Crippen molar-refractivity contribution in [2.45, 2.75) is 45.8 Å². The van der Waals surface area contributed by atoms with Crippen molar-refractivity contribution in [3.8, 4) is 0 Å². The predicted molar refractivity (Wildman–Crippen MR) is 66.7 cm³/mol. The molecule has 1 heterocycles. The van der Waals surface area contributed by atoms with Crippen LogP contribution in [0.1, 0.15) is 33.6 Å². The minimum atomic E-state index is 0.387. The van der Waals surface area contributed by atoms with Crippen LogP contribution in [0.25, 0.3) is 0 Å². The van der Waals surface area contributed by atoms with Gasteiger partial charge in [-0.1, -0.05) is 13.8 Å². The summed E-state index contributed by atoms with van der Waals surface area (Å²) in [5.41, 5.74) is 0.569. The van der Waals surface area contributed by atoms with Crippen molar-refractivity contribution in [3.63, 3.8) is 0 Å². The van der Waals surface area contributed by atoms with E-state index in [1.807, 2.05) is 0 Å². The molecular formula is C13H26N2O. The Kier molecular flexibility index (Phi) is 3.88. The van der Waals surface area contributed by atoms with Crippen LogP contribution in [0.5, 0.6) is 0 Å². The molecule has 0 aromatic carbocycles. The Hall–Kier alpha value is -0.120. The summed E-state index contributed by atoms with van der Waals surface area (Å²) in [6.07, 6.45) is 3.15. The van der Waals surface area contributed by atoms with Gasteiger partial charge < -0.3 is 10.1 Å². The Morgan fingerprint density at radius 3 is 2.88 bits per heavy atom. The van der Waals surface area contributed by atoms with Gasteiger partial charge in [-0.2, -0.15) is 0 Å². The molecule has 2 atom stereocenters. The van der Waals surface area contributed by atoms with E-state index in [1.54, 1.807) is 0 Å². The van der Waals surface area contributed by atoms with Crippen LogP contribution in [0.15, 0.2) is 0 Å². The Bertz CT molecular complexity index is 228. The fourth-order valence-electron chi connectivity index (χ4n) is 2.38. The standard InChI is InChI=1S/C13H26N2O/c1-4-15-7-8-16-12(10-15)9-14-11(2)13(3)5-6-13/h11-12,14H,4-10H2,1-3H3. The quantitative estimate of drug-likeness (QED) is 0.768. The number of morpholine rings is 1. The van der Waals surface area contributed by atoms with Crippen molar-refractivity contribution in [3.05, 3.63) is 0 Å². The molecular weight excluding hydrogens is 200 g/mol. The number of nitrogens with one attached hydrogen (secondary N) is 1. The average Bonchev–Trinajstić information content (AvgIpc) is 3.06. The largest absolute Gasteiger partial charge is 0.374 e. The first-order valence-corrected chi connectivity index (χ1v) is 6.71. The molecule has 2 rings (SSSR count). The first-order chi connectivity index (χ1) is 7.64. The summed E-state index contributed by atoms with van der Waals surface area (Å²) in [6, 6.07) is 0.633. The number of nitrogens with zero attached hydrogens (tertiary/aromatic N) is 1. The average molecular weight is 226 g/mol. The summed E-state index contributed by atoms with van der Waals surface area (Å²) in [5, 5.41) is 3.65. The smallest absolute Gasteiger partial charge is 0.0826 e. The first-order valence-electron chi connectivity index (χ1n) is 6.71. The van der Waals surface area contributed by atoms with Crippen LogP contribution in [0.3, 0.4) is 0 Å². The highest BCUT2D eigenvalue weighted by Crippen LogP contribution is 2.47. The van der Waals surface area contributed by atoms with E-state index >= 15 is 0 Å². The lowest BCUT2D eigenvalue weighted by atomic mass is 10.0. The van der Waals surface area contributed by atoms with Crippen molar-refractivity contribution in [2.75, 3.05) is 32.8 Å². The number of hydrogen-bond acceptors (Lipinski definition) is 3. The highest BCUT2D eigenvalue weighted by atomic mass is 16.5. The third-order valence-electron chi connectivity index (χ3n) is 4.41. The van der Waals surface area contributed by atoms with Gasteiger partial charge in [0.2, 0.25) is 0 Å². The van der Waals surface area contributed by atoms with Gasteiger partial charge in [0, 0.05) is 25.7 Å². The van der Waals surface area contributed by atoms with Crippen LogP contribution in [-0.2, 0) is 4.74 Å². The molecule has 1 aliphatic carbocycles. The van der Waals surface area contributed by atoms with Gasteiger partial charge in [-0.25, -0.2) is 0 Å². The van der Waals surface area contributed by atoms with E-state index in [4.69, 9.17) is 4.74 Å². The molecule has 0 radical (unpaired) electrons. The van der Waals surface area contributed by atoms with Crippen molar-refractivity contribution in [1.82, 2.24) is 10.2 Å². The maximum Gasteiger partial charge on any atom is 0.0826 e. The van der Waals surface area contributed by atoms with Crippen LogP contribution in [0.4, 0.5) is 0 Å². The zero-order valence-electron chi connectivity index (χ0n) is 11.0. The van der Waals surface area contributed by atoms with Crippen LogP contribution < -0.4 is 5.32 Å². The minimum Gasteiger partial charge on any atom is -0.374 e. The zero-order chi connectivity index (χ0) is 11.6. The van der Waals surface area contributed by atoms with E-state index in [2.05, 4.69) is 31.0 Å². The lowest BCUT2D eigenvalue weighted by molar-refractivity contribution is -0.0269. The van der Waals surface area contributed by atoms with Gasteiger partial charge in [0.25, 0.3) is 0 Å². The summed E-state index contributed by atoms with van der Waals surface area (Å²) in [6.45, 7) is 12.2. The molecule has 0 amide bonds. The van der Waals surface area contributed by atoms with Crippen LogP contribution in [0, 0.1) is 5.41 Å². The molecule has 1 N–H and O–H groups in total. The fraction of sp³-hybridized carbons (Fsp3) is 1.00. The molecule has 0 aromatic rings. The number of likely N-dealkylation sites (N-methyl/N-ethyl adjacent to an activating group) is 1. The maximum absolute atomic E-state index is 5.79. The summed E-state index contributed by atoms with van der Waals surface area (Å²) in [5.74, 6) is 0. The molecule has 0 aromatic heterocycles. The molecule has 2 unspecified atom stereocenters. The number of ether oxygens (including phenoxy) is 1. The molecule has 3 heteroatoms. The van der Waals surface area contributed by atoms with Gasteiger partial charge in [-0.05, 0) is 31.7 Å².